The maximum Gasteiger partial charge on any atom is 0.270 e. The summed E-state index contributed by atoms with van der Waals surface area (Å²) in [6.45, 7) is 0. The van der Waals surface area contributed by atoms with Gasteiger partial charge in [-0.1, -0.05) is 23.2 Å². The number of benzene rings is 3. The van der Waals surface area contributed by atoms with E-state index >= 15 is 0 Å². The van der Waals surface area contributed by atoms with Crippen molar-refractivity contribution in [2.24, 2.45) is 0 Å². The molecule has 0 spiro atoms. The van der Waals surface area contributed by atoms with Crippen LogP contribution in [0.1, 0.15) is 10.4 Å². The van der Waals surface area contributed by atoms with Gasteiger partial charge < -0.3 is 9.73 Å². The Morgan fingerprint density at radius 1 is 1.06 bits per heavy atom. The highest BCUT2D eigenvalue weighted by Crippen LogP contribution is 2.32. The van der Waals surface area contributed by atoms with E-state index in [0.717, 1.165) is 18.2 Å². The number of amides is 1. The molecule has 0 aliphatic rings. The molecule has 2 N–H and O–H groups in total. The quantitative estimate of drug-likeness (QED) is 0.144. The Labute approximate surface area is 204 Å². The number of halogens is 4. The van der Waals surface area contributed by atoms with Gasteiger partial charge in [0.1, 0.15) is 5.52 Å². The molecule has 1 amide bonds. The highest BCUT2D eigenvalue weighted by atomic mass is 35.5. The van der Waals surface area contributed by atoms with Gasteiger partial charge in [-0.25, -0.2) is 13.8 Å². The van der Waals surface area contributed by atoms with E-state index in [2.05, 4.69) is 15.6 Å². The van der Waals surface area contributed by atoms with Gasteiger partial charge in [-0.05, 0) is 48.6 Å². The summed E-state index contributed by atoms with van der Waals surface area (Å²) < 4.78 is 32.5. The van der Waals surface area contributed by atoms with Gasteiger partial charge in [0.25, 0.3) is 11.6 Å². The molecule has 0 saturated heterocycles. The summed E-state index contributed by atoms with van der Waals surface area (Å²) in [4.78, 5) is 27.0. The van der Waals surface area contributed by atoms with Crippen molar-refractivity contribution < 1.29 is 22.9 Å². The molecule has 0 unspecified atom stereocenters. The predicted octanol–water partition coefficient (Wildman–Crippen LogP) is 6.11. The minimum atomic E-state index is -1.10. The number of non-ortho nitro benzene ring substituents is 1. The van der Waals surface area contributed by atoms with E-state index in [0.29, 0.717) is 16.8 Å². The van der Waals surface area contributed by atoms with Crippen LogP contribution in [-0.4, -0.2) is 20.9 Å². The Kier molecular flexibility index (Phi) is 6.42. The van der Waals surface area contributed by atoms with Crippen molar-refractivity contribution in [3.8, 4) is 11.5 Å². The van der Waals surface area contributed by atoms with Crippen LogP contribution in [-0.2, 0) is 0 Å². The minimum absolute atomic E-state index is 0.0123. The number of anilines is 1. The first-order chi connectivity index (χ1) is 16.1. The highest BCUT2D eigenvalue weighted by molar-refractivity contribution is 7.80. The van der Waals surface area contributed by atoms with Crippen molar-refractivity contribution in [2.75, 3.05) is 5.32 Å². The summed E-state index contributed by atoms with van der Waals surface area (Å²) in [5.74, 6) is -2.97. The minimum Gasteiger partial charge on any atom is -0.436 e. The Balaban J connectivity index is 1.52. The lowest BCUT2D eigenvalue weighted by atomic mass is 10.2. The number of nitro benzene ring substituents is 1. The van der Waals surface area contributed by atoms with Gasteiger partial charge >= 0.3 is 0 Å². The van der Waals surface area contributed by atoms with E-state index in [-0.39, 0.29) is 37.9 Å². The average molecular weight is 523 g/mol. The van der Waals surface area contributed by atoms with Crippen LogP contribution < -0.4 is 10.6 Å². The van der Waals surface area contributed by atoms with Gasteiger partial charge in [0.05, 0.1) is 26.1 Å². The van der Waals surface area contributed by atoms with E-state index in [1.54, 1.807) is 12.1 Å². The van der Waals surface area contributed by atoms with E-state index in [1.165, 1.54) is 18.2 Å². The number of nitro groups is 1. The lowest BCUT2D eigenvalue weighted by Gasteiger charge is -2.10. The second-order valence-electron chi connectivity index (χ2n) is 6.78. The summed E-state index contributed by atoms with van der Waals surface area (Å²) >= 11 is 17.1. The van der Waals surface area contributed by atoms with E-state index < -0.39 is 22.5 Å². The monoisotopic (exact) mass is 522 g/mol. The second-order valence-corrected chi connectivity index (χ2v) is 8.00. The maximum absolute atomic E-state index is 13.6. The zero-order chi connectivity index (χ0) is 24.6. The van der Waals surface area contributed by atoms with Gasteiger partial charge in [0.15, 0.2) is 22.3 Å². The zero-order valence-corrected chi connectivity index (χ0v) is 18.9. The first-order valence-corrected chi connectivity index (χ1v) is 10.4. The smallest absolute Gasteiger partial charge is 0.270 e. The number of rotatable bonds is 4. The van der Waals surface area contributed by atoms with Crippen LogP contribution in [0.5, 0.6) is 0 Å². The molecule has 172 valence electrons. The van der Waals surface area contributed by atoms with Gasteiger partial charge in [0, 0.05) is 17.8 Å². The Hall–Kier alpha value is -3.67. The molecule has 1 heterocycles. The van der Waals surface area contributed by atoms with Crippen molar-refractivity contribution in [3.05, 3.63) is 85.9 Å². The molecule has 34 heavy (non-hydrogen) atoms. The third-order valence-electron chi connectivity index (χ3n) is 4.52. The van der Waals surface area contributed by atoms with E-state index in [9.17, 15) is 23.7 Å². The van der Waals surface area contributed by atoms with Crippen LogP contribution in [0.15, 0.2) is 52.9 Å². The molecule has 3 aromatic carbocycles. The van der Waals surface area contributed by atoms with Crippen LogP contribution in [0.3, 0.4) is 0 Å². The fourth-order valence-corrected chi connectivity index (χ4v) is 3.59. The predicted molar refractivity (Wildman–Crippen MR) is 126 cm³/mol. The summed E-state index contributed by atoms with van der Waals surface area (Å²) in [6, 6.07) is 9.80. The third kappa shape index (κ3) is 4.81. The van der Waals surface area contributed by atoms with Crippen molar-refractivity contribution in [2.45, 2.75) is 0 Å². The average Bonchev–Trinajstić information content (AvgIpc) is 3.19. The molecule has 0 aliphatic carbocycles. The van der Waals surface area contributed by atoms with Crippen LogP contribution >= 0.6 is 35.4 Å². The molecule has 0 radical (unpaired) electrons. The number of nitrogens with zero attached hydrogens (tertiary/aromatic N) is 2. The Morgan fingerprint density at radius 2 is 1.79 bits per heavy atom. The molecule has 4 rings (SSSR count). The number of hydrogen-bond donors (Lipinski definition) is 2. The van der Waals surface area contributed by atoms with Crippen LogP contribution in [0.2, 0.25) is 10.0 Å². The summed E-state index contributed by atoms with van der Waals surface area (Å²) in [5, 5.41) is 15.9. The molecule has 8 nitrogen and oxygen atoms in total. The van der Waals surface area contributed by atoms with Crippen molar-refractivity contribution in [1.29, 1.82) is 0 Å². The summed E-state index contributed by atoms with van der Waals surface area (Å²) in [5.41, 5.74) is 0.736. The lowest BCUT2D eigenvalue weighted by Crippen LogP contribution is -2.34. The topological polar surface area (TPSA) is 110 Å². The van der Waals surface area contributed by atoms with Crippen molar-refractivity contribution in [3.63, 3.8) is 0 Å². The number of nitrogens with one attached hydrogen (secondary N) is 2. The number of carbonyl (C=O) groups excluding carboxylic acids is 1. The van der Waals surface area contributed by atoms with E-state index in [4.69, 9.17) is 39.8 Å². The maximum atomic E-state index is 13.6. The van der Waals surface area contributed by atoms with Crippen LogP contribution in [0, 0.1) is 21.7 Å². The molecule has 0 bridgehead atoms. The first kappa shape index (κ1) is 23.5. The summed E-state index contributed by atoms with van der Waals surface area (Å²) in [7, 11) is 0. The molecule has 0 saturated carbocycles. The highest BCUT2D eigenvalue weighted by Gasteiger charge is 2.18. The van der Waals surface area contributed by atoms with E-state index in [1.807, 2.05) is 0 Å². The van der Waals surface area contributed by atoms with Gasteiger partial charge in [-0.3, -0.25) is 20.2 Å². The number of fused-ring (bicyclic) bond motifs is 1. The lowest BCUT2D eigenvalue weighted by molar-refractivity contribution is -0.384. The number of hydrogen-bond acceptors (Lipinski definition) is 6. The summed E-state index contributed by atoms with van der Waals surface area (Å²) in [6.07, 6.45) is 0. The first-order valence-electron chi connectivity index (χ1n) is 9.24. The third-order valence-corrected chi connectivity index (χ3v) is 5.36. The fraction of sp³-hybridized carbons (Fsp3) is 0. The number of carbonyl (C=O) groups is 1. The molecule has 0 aliphatic heterocycles. The Bertz CT molecular complexity index is 1500. The second kappa shape index (κ2) is 9.29. The number of aromatic nitrogens is 1. The zero-order valence-electron chi connectivity index (χ0n) is 16.6. The number of oxazole rings is 1. The van der Waals surface area contributed by atoms with Gasteiger partial charge in [-0.15, -0.1) is 0 Å². The molecule has 0 fully saturated rings. The molecular weight excluding hydrogens is 513 g/mol. The Morgan fingerprint density at radius 3 is 2.53 bits per heavy atom. The normalized spacial score (nSPS) is 10.8. The largest absolute Gasteiger partial charge is 0.436 e. The van der Waals surface area contributed by atoms with Crippen molar-refractivity contribution in [1.82, 2.24) is 10.3 Å². The fourth-order valence-electron chi connectivity index (χ4n) is 2.94. The van der Waals surface area contributed by atoms with Crippen molar-refractivity contribution >= 4 is 68.9 Å². The van der Waals surface area contributed by atoms with Crippen LogP contribution in [0.25, 0.3) is 22.6 Å². The van der Waals surface area contributed by atoms with Gasteiger partial charge in [0.2, 0.25) is 5.89 Å². The standard InChI is InChI=1S/C21H10Cl2F2N4O4S/c22-13-3-2-10(29(31)32)6-11(13)19(30)28-21(34)26-9-1-4-18-17(5-9)27-20(33-18)12-7-15(24)16(25)8-14(12)23/h1-8H,(H2,26,28,30,34). The molecule has 1 aromatic heterocycles. The number of thiocarbonyl (C=S) groups is 1. The SMILES string of the molecule is O=C(NC(=S)Nc1ccc2oc(-c3cc(F)c(F)cc3Cl)nc2c1)c1cc([N+](=O)[O-])ccc1Cl. The molecule has 0 atom stereocenters. The molecule has 13 heteroatoms. The molecular formula is C21H10Cl2F2N4O4S. The molecule has 4 aromatic rings. The van der Waals surface area contributed by atoms with Gasteiger partial charge in [-0.2, -0.15) is 0 Å². The van der Waals surface area contributed by atoms with Crippen LogP contribution in [0.4, 0.5) is 20.2 Å².